The lowest BCUT2D eigenvalue weighted by Crippen LogP contribution is -2.23. The molecule has 0 radical (unpaired) electrons. The number of para-hydroxylation sites is 1. The van der Waals surface area contributed by atoms with Crippen molar-refractivity contribution in [2.24, 2.45) is 0 Å². The summed E-state index contributed by atoms with van der Waals surface area (Å²) in [5, 5.41) is 4.58. The Morgan fingerprint density at radius 1 is 1.28 bits per heavy atom. The van der Waals surface area contributed by atoms with E-state index in [0.29, 0.717) is 27.8 Å². The minimum Gasteiger partial charge on any atom is -0.462 e. The molecule has 3 heterocycles. The van der Waals surface area contributed by atoms with E-state index in [4.69, 9.17) is 9.15 Å². The van der Waals surface area contributed by atoms with Crippen molar-refractivity contribution in [3.05, 3.63) is 46.6 Å². The monoisotopic (exact) mass is 467 g/mol. The van der Waals surface area contributed by atoms with Crippen LogP contribution >= 0.6 is 23.1 Å². The molecule has 164 valence electrons. The van der Waals surface area contributed by atoms with E-state index < -0.39 is 5.25 Å². The number of fused-ring (bicyclic) bond motifs is 4. The van der Waals surface area contributed by atoms with Crippen LogP contribution in [0.25, 0.3) is 22.1 Å². The van der Waals surface area contributed by atoms with Crippen LogP contribution in [0.15, 0.2) is 40.0 Å². The summed E-state index contributed by atoms with van der Waals surface area (Å²) in [6.07, 6.45) is 4.28. The highest BCUT2D eigenvalue weighted by Crippen LogP contribution is 2.40. The number of aryl methyl sites for hydroxylation is 1. The highest BCUT2D eigenvalue weighted by atomic mass is 32.2. The Morgan fingerprint density at radius 3 is 2.97 bits per heavy atom. The van der Waals surface area contributed by atoms with Crippen molar-refractivity contribution in [1.29, 1.82) is 0 Å². The number of ether oxygens (including phenoxy) is 1. The summed E-state index contributed by atoms with van der Waals surface area (Å²) in [7, 11) is 0. The van der Waals surface area contributed by atoms with Crippen molar-refractivity contribution < 1.29 is 18.7 Å². The highest BCUT2D eigenvalue weighted by molar-refractivity contribution is 8.00. The minimum atomic E-state index is -0.465. The summed E-state index contributed by atoms with van der Waals surface area (Å²) in [6.45, 7) is 3.88. The fraction of sp³-hybridized carbons (Fsp3) is 0.304. The number of hydrogen-bond donors (Lipinski definition) is 1. The Bertz CT molecular complexity index is 1340. The van der Waals surface area contributed by atoms with E-state index in [1.54, 1.807) is 6.92 Å². The maximum atomic E-state index is 13.0. The molecule has 0 saturated carbocycles. The van der Waals surface area contributed by atoms with Crippen molar-refractivity contribution in [2.75, 3.05) is 11.9 Å². The third kappa shape index (κ3) is 3.65. The van der Waals surface area contributed by atoms with Crippen molar-refractivity contribution >= 4 is 62.0 Å². The molecule has 32 heavy (non-hydrogen) atoms. The van der Waals surface area contributed by atoms with Gasteiger partial charge in [-0.25, -0.2) is 14.8 Å². The molecule has 7 nitrogen and oxygen atoms in total. The molecular weight excluding hydrogens is 446 g/mol. The molecule has 1 aliphatic carbocycles. The van der Waals surface area contributed by atoms with Crippen LogP contribution in [0.3, 0.4) is 0 Å². The molecule has 9 heteroatoms. The quantitative estimate of drug-likeness (QED) is 0.236. The molecule has 0 fully saturated rings. The Hall–Kier alpha value is -2.91. The number of rotatable bonds is 6. The van der Waals surface area contributed by atoms with Crippen molar-refractivity contribution in [1.82, 2.24) is 9.97 Å². The first-order chi connectivity index (χ1) is 15.6. The molecule has 0 saturated heterocycles. The third-order valence-electron chi connectivity index (χ3n) is 5.42. The lowest BCUT2D eigenvalue weighted by atomic mass is 10.1. The number of carbonyl (C=O) groups excluding carboxylic acids is 2. The second kappa shape index (κ2) is 8.55. The lowest BCUT2D eigenvalue weighted by molar-refractivity contribution is -0.115. The average molecular weight is 468 g/mol. The fourth-order valence-electron chi connectivity index (χ4n) is 3.93. The average Bonchev–Trinajstić information content (AvgIpc) is 3.47. The van der Waals surface area contributed by atoms with Gasteiger partial charge >= 0.3 is 5.97 Å². The number of amides is 1. The van der Waals surface area contributed by atoms with Gasteiger partial charge in [0.1, 0.15) is 27.5 Å². The van der Waals surface area contributed by atoms with E-state index in [0.717, 1.165) is 46.2 Å². The molecule has 1 amide bonds. The summed E-state index contributed by atoms with van der Waals surface area (Å²) >= 11 is 2.78. The maximum Gasteiger partial charge on any atom is 0.341 e. The van der Waals surface area contributed by atoms with E-state index in [9.17, 15) is 9.59 Å². The predicted octanol–water partition coefficient (Wildman–Crippen LogP) is 5.22. The second-order valence-electron chi connectivity index (χ2n) is 7.49. The molecule has 5 rings (SSSR count). The number of hydrogen-bond acceptors (Lipinski definition) is 8. The van der Waals surface area contributed by atoms with E-state index in [1.165, 1.54) is 29.4 Å². The van der Waals surface area contributed by atoms with Crippen LogP contribution in [0.4, 0.5) is 5.00 Å². The standard InChI is InChI=1S/C23H21N3O4S2/c1-3-29-23(28)17-14-8-6-10-16(14)32-21(17)26-20(27)12(2)31-22-19-18(24-11-25-22)13-7-4-5-9-15(13)30-19/h4-5,7,9,11-12H,3,6,8,10H2,1-2H3,(H,26,27). The van der Waals surface area contributed by atoms with Crippen molar-refractivity contribution in [2.45, 2.75) is 43.4 Å². The zero-order valence-corrected chi connectivity index (χ0v) is 19.3. The summed E-state index contributed by atoms with van der Waals surface area (Å²) in [5.74, 6) is -0.578. The van der Waals surface area contributed by atoms with Gasteiger partial charge in [-0.15, -0.1) is 11.3 Å². The van der Waals surface area contributed by atoms with Crippen LogP contribution in [-0.2, 0) is 22.4 Å². The van der Waals surface area contributed by atoms with Crippen LogP contribution in [0, 0.1) is 0 Å². The van der Waals surface area contributed by atoms with Gasteiger partial charge < -0.3 is 14.5 Å². The number of esters is 1. The first kappa shape index (κ1) is 21.0. The summed E-state index contributed by atoms with van der Waals surface area (Å²) in [6, 6.07) is 7.67. The highest BCUT2D eigenvalue weighted by Gasteiger charge is 2.29. The van der Waals surface area contributed by atoms with Crippen LogP contribution in [-0.4, -0.2) is 33.7 Å². The molecule has 1 N–H and O–H groups in total. The van der Waals surface area contributed by atoms with Gasteiger partial charge in [-0.05, 0) is 50.8 Å². The number of thiophene rings is 1. The van der Waals surface area contributed by atoms with Gasteiger partial charge in [0.25, 0.3) is 0 Å². The molecule has 1 unspecified atom stereocenters. The Morgan fingerprint density at radius 2 is 2.12 bits per heavy atom. The second-order valence-corrected chi connectivity index (χ2v) is 9.92. The SMILES string of the molecule is CCOC(=O)c1c(NC(=O)C(C)Sc2ncnc3c2oc2ccccc23)sc2c1CCC2. The molecule has 1 aliphatic rings. The fourth-order valence-corrected chi connectivity index (χ4v) is 6.07. The van der Waals surface area contributed by atoms with Gasteiger partial charge in [-0.1, -0.05) is 23.9 Å². The van der Waals surface area contributed by atoms with Gasteiger partial charge in [0, 0.05) is 10.3 Å². The number of furan rings is 1. The van der Waals surface area contributed by atoms with Gasteiger partial charge in [0.15, 0.2) is 5.58 Å². The predicted molar refractivity (Wildman–Crippen MR) is 126 cm³/mol. The van der Waals surface area contributed by atoms with E-state index in [2.05, 4.69) is 15.3 Å². The number of benzene rings is 1. The molecule has 3 aromatic heterocycles. The van der Waals surface area contributed by atoms with Gasteiger partial charge in [-0.2, -0.15) is 0 Å². The normalized spacial score (nSPS) is 13.9. The lowest BCUT2D eigenvalue weighted by Gasteiger charge is -2.12. The first-order valence-corrected chi connectivity index (χ1v) is 12.2. The smallest absolute Gasteiger partial charge is 0.341 e. The van der Waals surface area contributed by atoms with Gasteiger partial charge in [0.05, 0.1) is 17.4 Å². The Kier molecular flexibility index (Phi) is 5.60. The molecule has 1 atom stereocenters. The Labute approximate surface area is 192 Å². The number of nitrogens with zero attached hydrogens (tertiary/aromatic N) is 2. The number of aromatic nitrogens is 2. The van der Waals surface area contributed by atoms with Crippen LogP contribution < -0.4 is 5.32 Å². The van der Waals surface area contributed by atoms with Gasteiger partial charge in [0.2, 0.25) is 5.91 Å². The van der Waals surface area contributed by atoms with E-state index in [1.807, 2.05) is 31.2 Å². The molecular formula is C23H21N3O4S2. The van der Waals surface area contributed by atoms with Crippen LogP contribution in [0.1, 0.15) is 41.1 Å². The molecule has 0 bridgehead atoms. The van der Waals surface area contributed by atoms with E-state index in [-0.39, 0.29) is 11.9 Å². The van der Waals surface area contributed by atoms with Crippen molar-refractivity contribution in [3.8, 4) is 0 Å². The number of carbonyl (C=O) groups is 2. The summed E-state index contributed by atoms with van der Waals surface area (Å²) in [5.41, 5.74) is 3.56. The first-order valence-electron chi connectivity index (χ1n) is 10.5. The third-order valence-corrected chi connectivity index (χ3v) is 7.71. The molecule has 1 aromatic carbocycles. The van der Waals surface area contributed by atoms with Crippen LogP contribution in [0.5, 0.6) is 0 Å². The minimum absolute atomic E-state index is 0.205. The number of thioether (sulfide) groups is 1. The zero-order valence-electron chi connectivity index (χ0n) is 17.6. The van der Waals surface area contributed by atoms with E-state index >= 15 is 0 Å². The number of anilines is 1. The topological polar surface area (TPSA) is 94.3 Å². The zero-order chi connectivity index (χ0) is 22.2. The maximum absolute atomic E-state index is 13.0. The molecule has 0 spiro atoms. The Balaban J connectivity index is 1.39. The summed E-state index contributed by atoms with van der Waals surface area (Å²) in [4.78, 5) is 35.5. The molecule has 0 aliphatic heterocycles. The van der Waals surface area contributed by atoms with Crippen molar-refractivity contribution in [3.63, 3.8) is 0 Å². The number of nitrogens with one attached hydrogen (secondary N) is 1. The summed E-state index contributed by atoms with van der Waals surface area (Å²) < 4.78 is 11.2. The van der Waals surface area contributed by atoms with Gasteiger partial charge in [-0.3, -0.25) is 4.79 Å². The molecule has 4 aromatic rings. The van der Waals surface area contributed by atoms with Crippen LogP contribution in [0.2, 0.25) is 0 Å². The largest absolute Gasteiger partial charge is 0.462 e.